The van der Waals surface area contributed by atoms with Crippen molar-refractivity contribution in [3.8, 4) is 5.69 Å². The zero-order valence-corrected chi connectivity index (χ0v) is 24.3. The topological polar surface area (TPSA) is 48.2 Å². The van der Waals surface area contributed by atoms with E-state index in [1.54, 1.807) is 0 Å². The van der Waals surface area contributed by atoms with Gasteiger partial charge < -0.3 is 10.3 Å². The maximum Gasteiger partial charge on any atom is 0.0945 e. The quantitative estimate of drug-likeness (QED) is 0.151. The number of hydrogen-bond acceptors (Lipinski definition) is 2. The number of para-hydroxylation sites is 3. The van der Waals surface area contributed by atoms with E-state index in [4.69, 9.17) is 10.7 Å². The largest absolute Gasteiger partial charge is 0.322 e. The van der Waals surface area contributed by atoms with E-state index in [1.807, 2.05) is 30.6 Å². The molecule has 8 rings (SSSR count). The monoisotopic (exact) mass is 568 g/mol. The van der Waals surface area contributed by atoms with E-state index in [2.05, 4.69) is 137 Å². The number of aromatic nitrogens is 2. The van der Waals surface area contributed by atoms with Crippen molar-refractivity contribution in [2.24, 2.45) is 10.7 Å². The molecule has 0 fully saturated rings. The Balaban J connectivity index is 1.40. The Kier molecular flexibility index (Phi) is 6.55. The van der Waals surface area contributed by atoms with Crippen LogP contribution >= 0.6 is 0 Å². The molecule has 0 bridgehead atoms. The Morgan fingerprint density at radius 1 is 0.545 bits per heavy atom. The van der Waals surface area contributed by atoms with E-state index in [-0.39, 0.29) is 12.1 Å². The van der Waals surface area contributed by atoms with E-state index < -0.39 is 0 Å². The molecule has 0 saturated heterocycles. The molecule has 4 nitrogen and oxygen atoms in total. The van der Waals surface area contributed by atoms with Crippen LogP contribution in [0.2, 0.25) is 0 Å². The fourth-order valence-corrected chi connectivity index (χ4v) is 6.68. The lowest BCUT2D eigenvalue weighted by Gasteiger charge is -2.21. The van der Waals surface area contributed by atoms with Gasteiger partial charge in [0.25, 0.3) is 0 Å². The third-order valence-corrected chi connectivity index (χ3v) is 8.78. The number of benzene rings is 6. The van der Waals surface area contributed by atoms with Gasteiger partial charge in [-0.3, -0.25) is 9.56 Å². The van der Waals surface area contributed by atoms with Gasteiger partial charge in [-0.25, -0.2) is 0 Å². The molecule has 44 heavy (non-hydrogen) atoms. The van der Waals surface area contributed by atoms with Crippen LogP contribution < -0.4 is 5.73 Å². The van der Waals surface area contributed by atoms with Gasteiger partial charge in [0.15, 0.2) is 0 Å². The van der Waals surface area contributed by atoms with Gasteiger partial charge in [-0.2, -0.15) is 0 Å². The Hall–Kier alpha value is -5.45. The lowest BCUT2D eigenvalue weighted by Crippen LogP contribution is -2.27. The van der Waals surface area contributed by atoms with Crippen LogP contribution in [0.25, 0.3) is 49.3 Å². The predicted octanol–water partition coefficient (Wildman–Crippen LogP) is 9.08. The number of nitrogens with two attached hydrogens (primary N) is 1. The minimum atomic E-state index is -0.253. The second kappa shape index (κ2) is 11.0. The van der Waals surface area contributed by atoms with E-state index in [0.29, 0.717) is 0 Å². The summed E-state index contributed by atoms with van der Waals surface area (Å²) in [5.74, 6) is 0. The fraction of sp³-hybridized carbons (Fsp3) is 0.0750. The normalized spacial score (nSPS) is 13.4. The molecule has 2 aromatic heterocycles. The van der Waals surface area contributed by atoms with Gasteiger partial charge in [0, 0.05) is 27.2 Å². The first kappa shape index (κ1) is 26.2. The van der Waals surface area contributed by atoms with Crippen LogP contribution in [0.15, 0.2) is 157 Å². The third-order valence-electron chi connectivity index (χ3n) is 8.78. The summed E-state index contributed by atoms with van der Waals surface area (Å²) >= 11 is 0. The first-order chi connectivity index (χ1) is 21.8. The lowest BCUT2D eigenvalue weighted by molar-refractivity contribution is 0.547. The maximum absolute atomic E-state index is 6.97. The summed E-state index contributed by atoms with van der Waals surface area (Å²) in [6.45, 7) is 0. The van der Waals surface area contributed by atoms with Crippen LogP contribution in [0.5, 0.6) is 0 Å². The number of aliphatic imine (C=N–C) groups is 1. The first-order valence-electron chi connectivity index (χ1n) is 15.2. The van der Waals surface area contributed by atoms with Gasteiger partial charge in [-0.1, -0.05) is 127 Å². The Morgan fingerprint density at radius 2 is 1.09 bits per heavy atom. The number of rotatable bonds is 7. The van der Waals surface area contributed by atoms with E-state index in [0.717, 1.165) is 28.7 Å². The van der Waals surface area contributed by atoms with Gasteiger partial charge >= 0.3 is 0 Å². The summed E-state index contributed by atoms with van der Waals surface area (Å²) in [5.41, 5.74) is 15.0. The molecule has 0 aliphatic carbocycles. The summed E-state index contributed by atoms with van der Waals surface area (Å²) in [4.78, 5) is 5.30. The van der Waals surface area contributed by atoms with Crippen LogP contribution in [-0.4, -0.2) is 21.5 Å². The summed E-state index contributed by atoms with van der Waals surface area (Å²) in [6, 6.07) is 52.9. The molecule has 2 atom stereocenters. The first-order valence-corrected chi connectivity index (χ1v) is 15.2. The smallest absolute Gasteiger partial charge is 0.0945 e. The van der Waals surface area contributed by atoms with Crippen molar-refractivity contribution in [2.45, 2.75) is 18.5 Å². The van der Waals surface area contributed by atoms with E-state index >= 15 is 0 Å². The van der Waals surface area contributed by atoms with Crippen molar-refractivity contribution < 1.29 is 0 Å². The number of nitrogens with zero attached hydrogens (tertiary/aromatic N) is 3. The fourth-order valence-electron chi connectivity index (χ4n) is 6.68. The van der Waals surface area contributed by atoms with Crippen LogP contribution in [-0.2, 0) is 6.42 Å². The molecule has 0 spiro atoms. The minimum Gasteiger partial charge on any atom is -0.322 e. The van der Waals surface area contributed by atoms with Crippen molar-refractivity contribution in [2.75, 3.05) is 0 Å². The molecule has 2 N–H and O–H groups in total. The average Bonchev–Trinajstić information content (AvgIpc) is 3.60. The zero-order chi connectivity index (χ0) is 29.5. The molecule has 0 amide bonds. The van der Waals surface area contributed by atoms with Crippen LogP contribution in [0.1, 0.15) is 17.2 Å². The standard InChI is InChI=1S/C40H32N4/c41-38(29-16-6-2-7-17-29)35(26-28-14-4-1-5-15-28)42-27-43-36-22-12-10-20-31(36)33-24-25-34-32-21-11-13-23-37(32)44(40(34)39(33)43)30-18-8-3-9-19-30/h1-25,27,35,38H,26,41H2. The van der Waals surface area contributed by atoms with Crippen LogP contribution in [0, 0.1) is 0 Å². The molecular formula is C40H32N4. The predicted molar refractivity (Wildman–Crippen MR) is 185 cm³/mol. The maximum atomic E-state index is 6.97. The number of hydrogen-bond donors (Lipinski definition) is 1. The van der Waals surface area contributed by atoms with Crippen molar-refractivity contribution >= 4 is 50.0 Å². The lowest BCUT2D eigenvalue weighted by atomic mass is 9.95. The molecule has 2 unspecified atom stereocenters. The average molecular weight is 569 g/mol. The summed E-state index contributed by atoms with van der Waals surface area (Å²) in [5, 5.41) is 4.85. The molecule has 0 aliphatic rings. The van der Waals surface area contributed by atoms with Crippen molar-refractivity contribution in [3.63, 3.8) is 0 Å². The molecule has 2 heterocycles. The highest BCUT2D eigenvalue weighted by Crippen LogP contribution is 2.40. The van der Waals surface area contributed by atoms with E-state index in [1.165, 1.54) is 38.1 Å². The van der Waals surface area contributed by atoms with Gasteiger partial charge in [-0.15, -0.1) is 0 Å². The van der Waals surface area contributed by atoms with E-state index in [9.17, 15) is 0 Å². The Labute approximate surface area is 256 Å². The van der Waals surface area contributed by atoms with Crippen LogP contribution in [0.4, 0.5) is 0 Å². The summed E-state index contributed by atoms with van der Waals surface area (Å²) < 4.78 is 4.68. The summed E-state index contributed by atoms with van der Waals surface area (Å²) in [7, 11) is 0. The van der Waals surface area contributed by atoms with Crippen molar-refractivity contribution in [3.05, 3.63) is 163 Å². The van der Waals surface area contributed by atoms with Gasteiger partial charge in [0.05, 0.1) is 40.5 Å². The minimum absolute atomic E-state index is 0.157. The summed E-state index contributed by atoms with van der Waals surface area (Å²) in [6.07, 6.45) is 2.76. The highest BCUT2D eigenvalue weighted by Gasteiger charge is 2.22. The third kappa shape index (κ3) is 4.39. The second-order valence-corrected chi connectivity index (χ2v) is 11.4. The molecule has 212 valence electrons. The molecule has 0 radical (unpaired) electrons. The second-order valence-electron chi connectivity index (χ2n) is 11.4. The Bertz CT molecular complexity index is 2260. The zero-order valence-electron chi connectivity index (χ0n) is 24.3. The van der Waals surface area contributed by atoms with Crippen molar-refractivity contribution in [1.82, 2.24) is 9.13 Å². The van der Waals surface area contributed by atoms with Gasteiger partial charge in [0.2, 0.25) is 0 Å². The molecule has 0 aliphatic heterocycles. The highest BCUT2D eigenvalue weighted by molar-refractivity contribution is 6.24. The van der Waals surface area contributed by atoms with Crippen LogP contribution in [0.3, 0.4) is 0 Å². The number of fused-ring (bicyclic) bond motifs is 7. The molecule has 8 aromatic rings. The van der Waals surface area contributed by atoms with Crippen molar-refractivity contribution in [1.29, 1.82) is 0 Å². The molecule has 4 heteroatoms. The SMILES string of the molecule is NC(c1ccccc1)C(Cc1ccccc1)N=Cn1c2ccccc2c2ccc3c4ccccc4n(-c4ccccc4)c3c21. The molecule has 6 aromatic carbocycles. The molecular weight excluding hydrogens is 536 g/mol. The van der Waals surface area contributed by atoms with Gasteiger partial charge in [0.1, 0.15) is 0 Å². The Morgan fingerprint density at radius 3 is 1.80 bits per heavy atom. The highest BCUT2D eigenvalue weighted by atomic mass is 15.1. The molecule has 0 saturated carbocycles. The van der Waals surface area contributed by atoms with Gasteiger partial charge in [-0.05, 0) is 41.8 Å².